The van der Waals surface area contributed by atoms with Crippen LogP contribution in [0, 0.1) is 5.92 Å². The van der Waals surface area contributed by atoms with Crippen LogP contribution in [0.4, 0.5) is 0 Å². The van der Waals surface area contributed by atoms with E-state index in [-0.39, 0.29) is 11.6 Å². The van der Waals surface area contributed by atoms with Crippen LogP contribution in [0.5, 0.6) is 0 Å². The average Bonchev–Trinajstić information content (AvgIpc) is 3.11. The van der Waals surface area contributed by atoms with Crippen molar-refractivity contribution in [3.05, 3.63) is 0 Å². The zero-order valence-electron chi connectivity index (χ0n) is 11.5. The molecule has 0 bridgehead atoms. The molecule has 1 aliphatic carbocycles. The van der Waals surface area contributed by atoms with Gasteiger partial charge < -0.3 is 10.2 Å². The summed E-state index contributed by atoms with van der Waals surface area (Å²) < 4.78 is 0. The van der Waals surface area contributed by atoms with E-state index in [1.165, 1.54) is 12.8 Å². The summed E-state index contributed by atoms with van der Waals surface area (Å²) in [6.07, 6.45) is 5.84. The Morgan fingerprint density at radius 2 is 2.06 bits per heavy atom. The molecule has 1 saturated heterocycles. The predicted octanol–water partition coefficient (Wildman–Crippen LogP) is 2.17. The number of hydrogen-bond acceptors (Lipinski definition) is 2. The van der Waals surface area contributed by atoms with Crippen molar-refractivity contribution in [2.75, 3.05) is 13.1 Å². The number of carbonyl (C=O) groups excluding carboxylic acids is 1. The van der Waals surface area contributed by atoms with Crippen LogP contribution in [-0.2, 0) is 4.79 Å². The number of piperidine rings is 1. The third-order valence-corrected chi connectivity index (χ3v) is 4.35. The first-order valence-electron chi connectivity index (χ1n) is 7.12. The predicted molar refractivity (Wildman–Crippen MR) is 69.8 cm³/mol. The molecular weight excluding hydrogens is 212 g/mol. The molecule has 1 saturated carbocycles. The highest BCUT2D eigenvalue weighted by Gasteiger charge is 2.46. The molecule has 1 atom stereocenters. The summed E-state index contributed by atoms with van der Waals surface area (Å²) in [5, 5.41) is 3.39. The molecule has 3 heteroatoms. The van der Waals surface area contributed by atoms with Gasteiger partial charge in [-0.3, -0.25) is 4.79 Å². The smallest absolute Gasteiger partial charge is 0.240 e. The Morgan fingerprint density at radius 3 is 2.65 bits per heavy atom. The number of nitrogens with zero attached hydrogens (tertiary/aromatic N) is 1. The molecule has 1 N–H and O–H groups in total. The highest BCUT2D eigenvalue weighted by atomic mass is 16.2. The molecule has 3 nitrogen and oxygen atoms in total. The molecule has 98 valence electrons. The lowest BCUT2D eigenvalue weighted by Crippen LogP contribution is -2.58. The first-order valence-corrected chi connectivity index (χ1v) is 7.12. The van der Waals surface area contributed by atoms with E-state index in [0.29, 0.717) is 5.91 Å². The maximum atomic E-state index is 12.5. The van der Waals surface area contributed by atoms with Gasteiger partial charge in [-0.15, -0.1) is 0 Å². The topological polar surface area (TPSA) is 32.3 Å². The van der Waals surface area contributed by atoms with Crippen LogP contribution < -0.4 is 5.32 Å². The second kappa shape index (κ2) is 4.97. The van der Waals surface area contributed by atoms with Crippen LogP contribution in [0.25, 0.3) is 0 Å². The molecule has 0 radical (unpaired) electrons. The van der Waals surface area contributed by atoms with Crippen molar-refractivity contribution in [3.8, 4) is 0 Å². The molecule has 2 fully saturated rings. The van der Waals surface area contributed by atoms with Gasteiger partial charge in [0, 0.05) is 12.1 Å². The van der Waals surface area contributed by atoms with E-state index in [0.717, 1.165) is 38.3 Å². The fourth-order valence-electron chi connectivity index (χ4n) is 2.97. The van der Waals surface area contributed by atoms with E-state index >= 15 is 0 Å². The summed E-state index contributed by atoms with van der Waals surface area (Å²) >= 11 is 0. The lowest BCUT2D eigenvalue weighted by molar-refractivity contribution is -0.142. The average molecular weight is 238 g/mol. The first-order chi connectivity index (χ1) is 8.07. The number of carbonyl (C=O) groups is 1. The standard InChI is InChI=1S/C14H26N2O/c1-4-9-15-12-6-5-10-16(13(12)17)14(2,3)11-7-8-11/h11-12,15H,4-10H2,1-3H3. The third-order valence-electron chi connectivity index (χ3n) is 4.35. The van der Waals surface area contributed by atoms with Gasteiger partial charge in [0.05, 0.1) is 6.04 Å². The fraction of sp³-hybridized carbons (Fsp3) is 0.929. The summed E-state index contributed by atoms with van der Waals surface area (Å²) in [6, 6.07) is 0.0710. The maximum absolute atomic E-state index is 12.5. The monoisotopic (exact) mass is 238 g/mol. The lowest BCUT2D eigenvalue weighted by atomic mass is 9.91. The first kappa shape index (κ1) is 12.9. The molecule has 1 amide bonds. The van der Waals surface area contributed by atoms with E-state index in [9.17, 15) is 4.79 Å². The zero-order valence-corrected chi connectivity index (χ0v) is 11.5. The quantitative estimate of drug-likeness (QED) is 0.796. The van der Waals surface area contributed by atoms with Gasteiger partial charge in [0.15, 0.2) is 0 Å². The number of amides is 1. The van der Waals surface area contributed by atoms with Crippen LogP contribution in [0.2, 0.25) is 0 Å². The summed E-state index contributed by atoms with van der Waals surface area (Å²) in [7, 11) is 0. The summed E-state index contributed by atoms with van der Waals surface area (Å²) in [5.74, 6) is 1.07. The second-order valence-corrected chi connectivity index (χ2v) is 6.07. The van der Waals surface area contributed by atoms with Crippen LogP contribution in [0.1, 0.15) is 52.9 Å². The third kappa shape index (κ3) is 2.65. The number of likely N-dealkylation sites (tertiary alicyclic amines) is 1. The van der Waals surface area contributed by atoms with Crippen molar-refractivity contribution >= 4 is 5.91 Å². The zero-order chi connectivity index (χ0) is 12.5. The Labute approximate surface area is 105 Å². The molecule has 2 rings (SSSR count). The van der Waals surface area contributed by atoms with Gasteiger partial charge in [-0.1, -0.05) is 6.92 Å². The number of rotatable bonds is 5. The van der Waals surface area contributed by atoms with Gasteiger partial charge in [0.1, 0.15) is 0 Å². The van der Waals surface area contributed by atoms with Crippen molar-refractivity contribution in [2.45, 2.75) is 64.5 Å². The summed E-state index contributed by atoms with van der Waals surface area (Å²) in [6.45, 7) is 8.53. The van der Waals surface area contributed by atoms with Gasteiger partial charge in [-0.25, -0.2) is 0 Å². The van der Waals surface area contributed by atoms with E-state index in [1.54, 1.807) is 0 Å². The maximum Gasteiger partial charge on any atom is 0.240 e. The minimum atomic E-state index is 0.0710. The Kier molecular flexibility index (Phi) is 3.76. The van der Waals surface area contributed by atoms with E-state index in [2.05, 4.69) is 31.0 Å². The molecule has 1 aliphatic heterocycles. The van der Waals surface area contributed by atoms with Gasteiger partial charge in [-0.2, -0.15) is 0 Å². The highest BCUT2D eigenvalue weighted by molar-refractivity contribution is 5.83. The summed E-state index contributed by atoms with van der Waals surface area (Å²) in [4.78, 5) is 14.6. The molecule has 0 spiro atoms. The Bertz CT molecular complexity index is 284. The highest BCUT2D eigenvalue weighted by Crippen LogP contribution is 2.43. The van der Waals surface area contributed by atoms with Crippen LogP contribution >= 0.6 is 0 Å². The Balaban J connectivity index is 2.00. The molecule has 0 aromatic heterocycles. The van der Waals surface area contributed by atoms with Crippen molar-refractivity contribution in [1.82, 2.24) is 10.2 Å². The van der Waals surface area contributed by atoms with Gasteiger partial charge in [0.2, 0.25) is 5.91 Å². The molecule has 0 aromatic carbocycles. The number of nitrogens with one attached hydrogen (secondary N) is 1. The fourth-order valence-corrected chi connectivity index (χ4v) is 2.97. The van der Waals surface area contributed by atoms with E-state index < -0.39 is 0 Å². The largest absolute Gasteiger partial charge is 0.336 e. The van der Waals surface area contributed by atoms with E-state index in [4.69, 9.17) is 0 Å². The van der Waals surface area contributed by atoms with Crippen LogP contribution in [0.15, 0.2) is 0 Å². The van der Waals surface area contributed by atoms with Crippen LogP contribution in [0.3, 0.4) is 0 Å². The van der Waals surface area contributed by atoms with Gasteiger partial charge in [-0.05, 0) is 58.4 Å². The second-order valence-electron chi connectivity index (χ2n) is 6.07. The van der Waals surface area contributed by atoms with Crippen LogP contribution in [-0.4, -0.2) is 35.5 Å². The minimum Gasteiger partial charge on any atom is -0.336 e. The van der Waals surface area contributed by atoms with Gasteiger partial charge >= 0.3 is 0 Å². The molecule has 1 heterocycles. The SMILES string of the molecule is CCCNC1CCCN(C(C)(C)C2CC2)C1=O. The van der Waals surface area contributed by atoms with E-state index in [1.807, 2.05) is 0 Å². The lowest BCUT2D eigenvalue weighted by Gasteiger charge is -2.44. The van der Waals surface area contributed by atoms with Crippen molar-refractivity contribution < 1.29 is 4.79 Å². The Hall–Kier alpha value is -0.570. The minimum absolute atomic E-state index is 0.0710. The molecule has 17 heavy (non-hydrogen) atoms. The Morgan fingerprint density at radius 1 is 1.35 bits per heavy atom. The summed E-state index contributed by atoms with van der Waals surface area (Å²) in [5.41, 5.74) is 0.0731. The molecular formula is C14H26N2O. The van der Waals surface area contributed by atoms with Gasteiger partial charge in [0.25, 0.3) is 0 Å². The molecule has 0 aromatic rings. The van der Waals surface area contributed by atoms with Crippen molar-refractivity contribution in [3.63, 3.8) is 0 Å². The number of hydrogen-bond donors (Lipinski definition) is 1. The van der Waals surface area contributed by atoms with Crippen molar-refractivity contribution in [2.24, 2.45) is 5.92 Å². The molecule has 2 aliphatic rings. The normalized spacial score (nSPS) is 26.4. The van der Waals surface area contributed by atoms with Crippen molar-refractivity contribution in [1.29, 1.82) is 0 Å². The molecule has 1 unspecified atom stereocenters.